The third-order valence-electron chi connectivity index (χ3n) is 4.27. The van der Waals surface area contributed by atoms with Crippen LogP contribution in [0.15, 0.2) is 24.5 Å². The van der Waals surface area contributed by atoms with E-state index in [1.54, 1.807) is 12.4 Å². The van der Waals surface area contributed by atoms with Gasteiger partial charge >= 0.3 is 0 Å². The molecule has 0 bridgehead atoms. The summed E-state index contributed by atoms with van der Waals surface area (Å²) in [6.07, 6.45) is 7.57. The Kier molecular flexibility index (Phi) is 4.91. The molecule has 0 aromatic carbocycles. The highest BCUT2D eigenvalue weighted by Crippen LogP contribution is 2.33. The Balaban J connectivity index is 1.83. The Morgan fingerprint density at radius 1 is 1.37 bits per heavy atom. The minimum atomic E-state index is 0.144. The second-order valence-corrected chi connectivity index (χ2v) is 5.55. The van der Waals surface area contributed by atoms with Crippen molar-refractivity contribution in [2.45, 2.75) is 32.6 Å². The molecule has 1 fully saturated rings. The molecule has 1 aliphatic rings. The van der Waals surface area contributed by atoms with Crippen LogP contribution in [0.1, 0.15) is 32.6 Å². The molecule has 1 atom stereocenters. The lowest BCUT2D eigenvalue weighted by Gasteiger charge is -2.31. The van der Waals surface area contributed by atoms with Crippen molar-refractivity contribution in [3.05, 3.63) is 24.5 Å². The average Bonchev–Trinajstić information content (AvgIpc) is 2.47. The number of aromatic nitrogens is 1. The van der Waals surface area contributed by atoms with Crippen LogP contribution in [-0.2, 0) is 4.79 Å². The SMILES string of the molecule is CC(CN)C1CCC(C(=O)Nc2ccncc2)CC1. The lowest BCUT2D eigenvalue weighted by Crippen LogP contribution is -2.30. The number of pyridine rings is 1. The molecule has 4 nitrogen and oxygen atoms in total. The number of anilines is 1. The van der Waals surface area contributed by atoms with Gasteiger partial charge in [-0.15, -0.1) is 0 Å². The van der Waals surface area contributed by atoms with Crippen molar-refractivity contribution in [1.82, 2.24) is 4.98 Å². The van der Waals surface area contributed by atoms with Gasteiger partial charge in [-0.2, -0.15) is 0 Å². The third-order valence-corrected chi connectivity index (χ3v) is 4.27. The molecule has 1 saturated carbocycles. The van der Waals surface area contributed by atoms with Gasteiger partial charge in [0.2, 0.25) is 5.91 Å². The molecule has 1 heterocycles. The van der Waals surface area contributed by atoms with E-state index in [1.165, 1.54) is 0 Å². The van der Waals surface area contributed by atoms with E-state index in [2.05, 4.69) is 17.2 Å². The van der Waals surface area contributed by atoms with E-state index in [1.807, 2.05) is 12.1 Å². The number of carbonyl (C=O) groups is 1. The van der Waals surface area contributed by atoms with Gasteiger partial charge in [0.15, 0.2) is 0 Å². The van der Waals surface area contributed by atoms with Crippen molar-refractivity contribution < 1.29 is 4.79 Å². The molecular weight excluding hydrogens is 238 g/mol. The monoisotopic (exact) mass is 261 g/mol. The van der Waals surface area contributed by atoms with Crippen LogP contribution in [0.4, 0.5) is 5.69 Å². The molecule has 1 aliphatic carbocycles. The molecule has 1 amide bonds. The van der Waals surface area contributed by atoms with Crippen molar-refractivity contribution in [2.75, 3.05) is 11.9 Å². The van der Waals surface area contributed by atoms with Gasteiger partial charge in [0.25, 0.3) is 0 Å². The summed E-state index contributed by atoms with van der Waals surface area (Å²) in [4.78, 5) is 16.1. The average molecular weight is 261 g/mol. The fourth-order valence-corrected chi connectivity index (χ4v) is 2.82. The maximum Gasteiger partial charge on any atom is 0.227 e. The number of carbonyl (C=O) groups excluding carboxylic acids is 1. The van der Waals surface area contributed by atoms with Crippen LogP contribution in [0.25, 0.3) is 0 Å². The minimum absolute atomic E-state index is 0.144. The summed E-state index contributed by atoms with van der Waals surface area (Å²) in [6.45, 7) is 2.96. The zero-order chi connectivity index (χ0) is 13.7. The topological polar surface area (TPSA) is 68.0 Å². The molecule has 2 rings (SSSR count). The van der Waals surface area contributed by atoms with Gasteiger partial charge < -0.3 is 11.1 Å². The minimum Gasteiger partial charge on any atom is -0.330 e. The number of nitrogens with one attached hydrogen (secondary N) is 1. The van der Waals surface area contributed by atoms with E-state index in [4.69, 9.17) is 5.73 Å². The maximum atomic E-state index is 12.2. The summed E-state index contributed by atoms with van der Waals surface area (Å²) in [5.41, 5.74) is 6.55. The Morgan fingerprint density at radius 3 is 2.58 bits per heavy atom. The third kappa shape index (κ3) is 3.77. The van der Waals surface area contributed by atoms with Crippen LogP contribution in [0.2, 0.25) is 0 Å². The van der Waals surface area contributed by atoms with Crippen molar-refractivity contribution in [3.63, 3.8) is 0 Å². The normalized spacial score (nSPS) is 24.7. The molecule has 3 N–H and O–H groups in total. The zero-order valence-corrected chi connectivity index (χ0v) is 11.5. The molecule has 0 radical (unpaired) electrons. The fourth-order valence-electron chi connectivity index (χ4n) is 2.82. The van der Waals surface area contributed by atoms with Gasteiger partial charge in [-0.3, -0.25) is 9.78 Å². The second-order valence-electron chi connectivity index (χ2n) is 5.55. The van der Waals surface area contributed by atoms with Gasteiger partial charge in [-0.05, 0) is 56.2 Å². The Bertz CT molecular complexity index is 399. The van der Waals surface area contributed by atoms with Crippen LogP contribution >= 0.6 is 0 Å². The van der Waals surface area contributed by atoms with E-state index < -0.39 is 0 Å². The number of amides is 1. The maximum absolute atomic E-state index is 12.2. The Labute approximate surface area is 114 Å². The number of hydrogen-bond donors (Lipinski definition) is 2. The molecule has 19 heavy (non-hydrogen) atoms. The summed E-state index contributed by atoms with van der Waals surface area (Å²) in [6, 6.07) is 3.64. The van der Waals surface area contributed by atoms with E-state index in [-0.39, 0.29) is 11.8 Å². The van der Waals surface area contributed by atoms with E-state index in [0.717, 1.165) is 37.9 Å². The predicted octanol–water partition coefficient (Wildman–Crippen LogP) is 2.42. The van der Waals surface area contributed by atoms with Gasteiger partial charge in [-0.25, -0.2) is 0 Å². The van der Waals surface area contributed by atoms with Gasteiger partial charge in [-0.1, -0.05) is 6.92 Å². The quantitative estimate of drug-likeness (QED) is 0.874. The Morgan fingerprint density at radius 2 is 2.00 bits per heavy atom. The number of nitrogens with zero attached hydrogens (tertiary/aromatic N) is 1. The molecule has 1 aromatic heterocycles. The van der Waals surface area contributed by atoms with Crippen LogP contribution < -0.4 is 11.1 Å². The molecule has 0 spiro atoms. The van der Waals surface area contributed by atoms with Crippen LogP contribution in [0.3, 0.4) is 0 Å². The standard InChI is InChI=1S/C15H23N3O/c1-11(10-16)12-2-4-13(5-3-12)15(19)18-14-6-8-17-9-7-14/h6-9,11-13H,2-5,10,16H2,1H3,(H,17,18,19). The fraction of sp³-hybridized carbons (Fsp3) is 0.600. The number of nitrogens with two attached hydrogens (primary N) is 1. The summed E-state index contributed by atoms with van der Waals surface area (Å²) in [5, 5.41) is 2.97. The highest BCUT2D eigenvalue weighted by atomic mass is 16.1. The molecule has 1 unspecified atom stereocenters. The summed E-state index contributed by atoms with van der Waals surface area (Å²) in [5.74, 6) is 1.55. The van der Waals surface area contributed by atoms with Gasteiger partial charge in [0.1, 0.15) is 0 Å². The van der Waals surface area contributed by atoms with E-state index in [0.29, 0.717) is 11.8 Å². The van der Waals surface area contributed by atoms with Gasteiger partial charge in [0.05, 0.1) is 0 Å². The van der Waals surface area contributed by atoms with E-state index in [9.17, 15) is 4.79 Å². The Hall–Kier alpha value is -1.42. The first-order chi connectivity index (χ1) is 9.20. The van der Waals surface area contributed by atoms with Crippen molar-refractivity contribution in [3.8, 4) is 0 Å². The van der Waals surface area contributed by atoms with Crippen molar-refractivity contribution in [1.29, 1.82) is 0 Å². The molecule has 1 aromatic rings. The summed E-state index contributed by atoms with van der Waals surface area (Å²) in [7, 11) is 0. The van der Waals surface area contributed by atoms with Gasteiger partial charge in [0, 0.05) is 24.0 Å². The summed E-state index contributed by atoms with van der Waals surface area (Å²) >= 11 is 0. The van der Waals surface area contributed by atoms with Crippen LogP contribution in [0.5, 0.6) is 0 Å². The van der Waals surface area contributed by atoms with Crippen molar-refractivity contribution >= 4 is 11.6 Å². The summed E-state index contributed by atoms with van der Waals surface area (Å²) < 4.78 is 0. The molecular formula is C15H23N3O. The number of rotatable bonds is 4. The zero-order valence-electron chi connectivity index (χ0n) is 11.5. The highest BCUT2D eigenvalue weighted by molar-refractivity contribution is 5.92. The molecule has 4 heteroatoms. The lowest BCUT2D eigenvalue weighted by atomic mass is 9.76. The van der Waals surface area contributed by atoms with Crippen LogP contribution in [0, 0.1) is 17.8 Å². The highest BCUT2D eigenvalue weighted by Gasteiger charge is 2.28. The molecule has 104 valence electrons. The predicted molar refractivity (Wildman–Crippen MR) is 76.5 cm³/mol. The largest absolute Gasteiger partial charge is 0.330 e. The van der Waals surface area contributed by atoms with Crippen molar-refractivity contribution in [2.24, 2.45) is 23.5 Å². The second kappa shape index (κ2) is 6.66. The molecule has 0 saturated heterocycles. The lowest BCUT2D eigenvalue weighted by molar-refractivity contribution is -0.121. The molecule has 0 aliphatic heterocycles. The first-order valence-electron chi connectivity index (χ1n) is 7.11. The number of hydrogen-bond acceptors (Lipinski definition) is 3. The van der Waals surface area contributed by atoms with E-state index >= 15 is 0 Å². The first kappa shape index (κ1) is 14.0. The first-order valence-corrected chi connectivity index (χ1v) is 7.11. The smallest absolute Gasteiger partial charge is 0.227 e. The van der Waals surface area contributed by atoms with Crippen LogP contribution in [-0.4, -0.2) is 17.4 Å².